The molecule has 4 aromatic rings. The molecular formula is C31H35F2N5O3. The number of hydrogen-bond donors (Lipinski definition) is 1. The first kappa shape index (κ1) is 27.7. The Morgan fingerprint density at radius 3 is 2.59 bits per heavy atom. The minimum Gasteiger partial charge on any atom is -0.490 e. The Labute approximate surface area is 237 Å². The van der Waals surface area contributed by atoms with E-state index < -0.39 is 11.6 Å². The van der Waals surface area contributed by atoms with Crippen LogP contribution in [0.25, 0.3) is 16.8 Å². The van der Waals surface area contributed by atoms with E-state index >= 15 is 8.78 Å². The molecule has 1 saturated heterocycles. The van der Waals surface area contributed by atoms with Gasteiger partial charge in [-0.25, -0.2) is 18.3 Å². The third kappa shape index (κ3) is 5.68. The summed E-state index contributed by atoms with van der Waals surface area (Å²) in [5.74, 6) is -0.0507. The number of halogens is 2. The summed E-state index contributed by atoms with van der Waals surface area (Å²) in [7, 11) is 1.72. The van der Waals surface area contributed by atoms with E-state index in [-0.39, 0.29) is 41.2 Å². The second-order valence-electron chi connectivity index (χ2n) is 11.2. The van der Waals surface area contributed by atoms with Crippen molar-refractivity contribution in [2.75, 3.05) is 20.3 Å². The first-order chi connectivity index (χ1) is 19.9. The van der Waals surface area contributed by atoms with Gasteiger partial charge in [0.15, 0.2) is 0 Å². The normalized spacial score (nSPS) is 23.6. The zero-order valence-electron chi connectivity index (χ0n) is 23.3. The van der Waals surface area contributed by atoms with Crippen molar-refractivity contribution in [1.29, 1.82) is 0 Å². The van der Waals surface area contributed by atoms with Gasteiger partial charge in [0.05, 0.1) is 42.3 Å². The van der Waals surface area contributed by atoms with Crippen molar-refractivity contribution in [3.63, 3.8) is 0 Å². The molecule has 3 aromatic heterocycles. The van der Waals surface area contributed by atoms with Crippen molar-refractivity contribution in [2.24, 2.45) is 11.7 Å². The predicted molar refractivity (Wildman–Crippen MR) is 150 cm³/mol. The number of imidazole rings is 1. The number of nitrogens with zero attached hydrogens (tertiary/aromatic N) is 4. The number of nitrogens with two attached hydrogens (primary N) is 1. The summed E-state index contributed by atoms with van der Waals surface area (Å²) in [4.78, 5) is 8.98. The minimum absolute atomic E-state index is 0.0404. The molecule has 0 radical (unpaired) electrons. The van der Waals surface area contributed by atoms with Crippen molar-refractivity contribution >= 4 is 5.52 Å². The highest BCUT2D eigenvalue weighted by molar-refractivity contribution is 5.64. The lowest BCUT2D eigenvalue weighted by Gasteiger charge is -2.38. The van der Waals surface area contributed by atoms with Gasteiger partial charge in [0.2, 0.25) is 0 Å². The van der Waals surface area contributed by atoms with E-state index in [4.69, 9.17) is 19.9 Å². The predicted octanol–water partition coefficient (Wildman–Crippen LogP) is 5.07. The smallest absolute Gasteiger partial charge is 0.139 e. The van der Waals surface area contributed by atoms with Gasteiger partial charge < -0.3 is 19.9 Å². The summed E-state index contributed by atoms with van der Waals surface area (Å²) < 4.78 is 49.0. The SMILES string of the molecule is CO[C@@H]1[C@H](N)C[C@H](c2ccncc2Cc2ncc3ccc(-c4c(F)cc(OC5CCOCC5)cc4F)nn23)C[C@@H]1C. The van der Waals surface area contributed by atoms with E-state index in [2.05, 4.69) is 28.1 Å². The summed E-state index contributed by atoms with van der Waals surface area (Å²) in [6.45, 7) is 3.33. The maximum Gasteiger partial charge on any atom is 0.139 e. The van der Waals surface area contributed by atoms with Gasteiger partial charge in [-0.3, -0.25) is 4.98 Å². The van der Waals surface area contributed by atoms with Gasteiger partial charge >= 0.3 is 0 Å². The Kier molecular flexibility index (Phi) is 7.96. The minimum atomic E-state index is -0.729. The molecule has 6 rings (SSSR count). The molecule has 8 nitrogen and oxygen atoms in total. The first-order valence-corrected chi connectivity index (χ1v) is 14.2. The van der Waals surface area contributed by atoms with Gasteiger partial charge in [0.1, 0.15) is 29.3 Å². The number of rotatable bonds is 7. The molecule has 0 amide bonds. The molecule has 4 heterocycles. The Morgan fingerprint density at radius 1 is 1.07 bits per heavy atom. The number of aromatic nitrogens is 4. The quantitative estimate of drug-likeness (QED) is 0.335. The Bertz CT molecular complexity index is 1490. The fraction of sp³-hybridized carbons (Fsp3) is 0.452. The summed E-state index contributed by atoms with van der Waals surface area (Å²) in [6.07, 6.45) is 8.90. The van der Waals surface area contributed by atoms with Crippen molar-refractivity contribution < 1.29 is 23.0 Å². The van der Waals surface area contributed by atoms with Crippen LogP contribution < -0.4 is 10.5 Å². The number of hydrogen-bond acceptors (Lipinski definition) is 7. The van der Waals surface area contributed by atoms with Gasteiger partial charge in [-0.1, -0.05) is 6.92 Å². The Balaban J connectivity index is 1.28. The number of ether oxygens (including phenoxy) is 3. The lowest BCUT2D eigenvalue weighted by molar-refractivity contribution is 0.00970. The molecule has 41 heavy (non-hydrogen) atoms. The standard InChI is InChI=1S/C31H35F2N5O3/c1-18-11-19(12-27(34)31(18)39-2)24-5-8-35-16-20(24)13-29-36-17-21-3-4-28(37-38(21)29)30-25(32)14-23(15-26(30)33)41-22-6-9-40-10-7-22/h3-5,8,14-19,22,27,31H,6-7,9-13,34H2,1-2H3/t18-,19+,27+,31-/m0/s1. The molecule has 4 atom stereocenters. The van der Waals surface area contributed by atoms with Crippen LogP contribution in [0.3, 0.4) is 0 Å². The highest BCUT2D eigenvalue weighted by Crippen LogP contribution is 2.38. The van der Waals surface area contributed by atoms with Crippen LogP contribution in [-0.2, 0) is 15.9 Å². The summed E-state index contributed by atoms with van der Waals surface area (Å²) >= 11 is 0. The van der Waals surface area contributed by atoms with E-state index in [1.54, 1.807) is 36.2 Å². The van der Waals surface area contributed by atoms with Gasteiger partial charge in [-0.2, -0.15) is 5.10 Å². The number of methoxy groups -OCH3 is 1. The third-order valence-corrected chi connectivity index (χ3v) is 8.40. The molecule has 216 valence electrons. The van der Waals surface area contributed by atoms with E-state index in [1.165, 1.54) is 17.7 Å². The molecule has 2 N–H and O–H groups in total. The fourth-order valence-electron chi connectivity index (χ4n) is 6.42. The Morgan fingerprint density at radius 2 is 1.85 bits per heavy atom. The maximum atomic E-state index is 15.3. The summed E-state index contributed by atoms with van der Waals surface area (Å²) in [5.41, 5.74) is 9.39. The van der Waals surface area contributed by atoms with Crippen molar-refractivity contribution in [2.45, 2.75) is 63.2 Å². The highest BCUT2D eigenvalue weighted by atomic mass is 19.1. The van der Waals surface area contributed by atoms with Crippen LogP contribution in [0.5, 0.6) is 5.75 Å². The van der Waals surface area contributed by atoms with Crippen LogP contribution in [-0.4, -0.2) is 58.2 Å². The van der Waals surface area contributed by atoms with Crippen molar-refractivity contribution in [1.82, 2.24) is 19.6 Å². The third-order valence-electron chi connectivity index (χ3n) is 8.40. The molecule has 0 unspecified atom stereocenters. The second-order valence-corrected chi connectivity index (χ2v) is 11.2. The van der Waals surface area contributed by atoms with Crippen molar-refractivity contribution in [3.8, 4) is 17.0 Å². The zero-order valence-corrected chi connectivity index (χ0v) is 23.3. The zero-order chi connectivity index (χ0) is 28.5. The number of pyridine rings is 1. The maximum absolute atomic E-state index is 15.3. The molecule has 1 saturated carbocycles. The molecule has 0 bridgehead atoms. The number of benzene rings is 1. The molecule has 2 aliphatic rings. The molecular weight excluding hydrogens is 528 g/mol. The summed E-state index contributed by atoms with van der Waals surface area (Å²) in [6, 6.07) is 7.82. The van der Waals surface area contributed by atoms with E-state index in [0.717, 1.165) is 23.9 Å². The average Bonchev–Trinajstić information content (AvgIpc) is 3.35. The van der Waals surface area contributed by atoms with Crippen LogP contribution in [0.2, 0.25) is 0 Å². The topological polar surface area (TPSA) is 96.8 Å². The van der Waals surface area contributed by atoms with Gasteiger partial charge in [-0.15, -0.1) is 0 Å². The van der Waals surface area contributed by atoms with Crippen LogP contribution in [0.4, 0.5) is 8.78 Å². The van der Waals surface area contributed by atoms with E-state index in [1.807, 2.05) is 6.20 Å². The van der Waals surface area contributed by atoms with Gasteiger partial charge in [0.25, 0.3) is 0 Å². The molecule has 1 aromatic carbocycles. The monoisotopic (exact) mass is 563 g/mol. The Hall–Kier alpha value is -3.47. The number of fused-ring (bicyclic) bond motifs is 1. The summed E-state index contributed by atoms with van der Waals surface area (Å²) in [5, 5.41) is 4.62. The van der Waals surface area contributed by atoms with Crippen LogP contribution >= 0.6 is 0 Å². The second kappa shape index (κ2) is 11.8. The molecule has 1 aliphatic heterocycles. The van der Waals surface area contributed by atoms with Gasteiger partial charge in [0, 0.05) is 56.9 Å². The van der Waals surface area contributed by atoms with Crippen LogP contribution in [0.15, 0.2) is 48.9 Å². The van der Waals surface area contributed by atoms with E-state index in [0.29, 0.717) is 44.2 Å². The lowest BCUT2D eigenvalue weighted by atomic mass is 9.74. The fourth-order valence-corrected chi connectivity index (χ4v) is 6.42. The molecule has 10 heteroatoms. The molecule has 0 spiro atoms. The van der Waals surface area contributed by atoms with Crippen molar-refractivity contribution in [3.05, 3.63) is 77.5 Å². The lowest BCUT2D eigenvalue weighted by Crippen LogP contribution is -2.45. The van der Waals surface area contributed by atoms with Crippen LogP contribution in [0.1, 0.15) is 55.5 Å². The largest absolute Gasteiger partial charge is 0.490 e. The van der Waals surface area contributed by atoms with Gasteiger partial charge in [-0.05, 0) is 54.0 Å². The highest BCUT2D eigenvalue weighted by Gasteiger charge is 2.35. The first-order valence-electron chi connectivity index (χ1n) is 14.2. The van der Waals surface area contributed by atoms with E-state index in [9.17, 15) is 0 Å². The van der Waals surface area contributed by atoms with Crippen LogP contribution in [0, 0.1) is 17.6 Å². The molecule has 1 aliphatic carbocycles. The molecule has 2 fully saturated rings. The average molecular weight is 564 g/mol.